The Morgan fingerprint density at radius 3 is 2.65 bits per heavy atom. The molecule has 3 N–H and O–H groups in total. The van der Waals surface area contributed by atoms with Crippen molar-refractivity contribution in [3.63, 3.8) is 0 Å². The minimum absolute atomic E-state index is 0.00448. The van der Waals surface area contributed by atoms with Gasteiger partial charge in [-0.25, -0.2) is 0 Å². The van der Waals surface area contributed by atoms with Crippen LogP contribution in [0.4, 0.5) is 0 Å². The molecule has 2 unspecified atom stereocenters. The fourth-order valence-corrected chi connectivity index (χ4v) is 2.58. The maximum Gasteiger partial charge on any atom is 0.179 e. The Kier molecular flexibility index (Phi) is 8.56. The molecule has 23 heavy (non-hydrogen) atoms. The first kappa shape index (κ1) is 20.4. The number of aliphatic hydroxyl groups excluding tert-OH is 2. The summed E-state index contributed by atoms with van der Waals surface area (Å²) in [5, 5.41) is 24.4. The van der Waals surface area contributed by atoms with Gasteiger partial charge in [0, 0.05) is 32.7 Å². The third-order valence-electron chi connectivity index (χ3n) is 4.09. The van der Waals surface area contributed by atoms with Crippen molar-refractivity contribution in [3.05, 3.63) is 0 Å². The van der Waals surface area contributed by atoms with Gasteiger partial charge in [-0.1, -0.05) is 0 Å². The van der Waals surface area contributed by atoms with Crippen LogP contribution in [0.5, 0.6) is 0 Å². The van der Waals surface area contributed by atoms with Crippen LogP contribution in [0.1, 0.15) is 6.92 Å². The summed E-state index contributed by atoms with van der Waals surface area (Å²) in [7, 11) is 5.66. The summed E-state index contributed by atoms with van der Waals surface area (Å²) < 4.78 is 0.364. The third-order valence-corrected chi connectivity index (χ3v) is 4.09. The van der Waals surface area contributed by atoms with E-state index in [9.17, 15) is 15.0 Å². The molecule has 1 aliphatic rings. The summed E-state index contributed by atoms with van der Waals surface area (Å²) in [5.74, 6) is 0.125. The summed E-state index contributed by atoms with van der Waals surface area (Å²) in [5.41, 5.74) is 0. The molecular formula is C15H33N4O4+. The van der Waals surface area contributed by atoms with E-state index in [4.69, 9.17) is 4.84 Å². The highest BCUT2D eigenvalue weighted by atomic mass is 16.7. The Labute approximate surface area is 139 Å². The van der Waals surface area contributed by atoms with Crippen molar-refractivity contribution in [1.29, 1.82) is 0 Å². The van der Waals surface area contributed by atoms with Gasteiger partial charge >= 0.3 is 0 Å². The van der Waals surface area contributed by atoms with Crippen molar-refractivity contribution >= 4 is 5.78 Å². The van der Waals surface area contributed by atoms with Crippen LogP contribution in [0.15, 0.2) is 0 Å². The fourth-order valence-electron chi connectivity index (χ4n) is 2.58. The zero-order valence-electron chi connectivity index (χ0n) is 14.9. The molecule has 0 spiro atoms. The van der Waals surface area contributed by atoms with Crippen molar-refractivity contribution in [1.82, 2.24) is 15.3 Å². The van der Waals surface area contributed by atoms with Gasteiger partial charge in [-0.2, -0.15) is 5.06 Å². The Morgan fingerprint density at radius 2 is 2.17 bits per heavy atom. The van der Waals surface area contributed by atoms with Crippen molar-refractivity contribution in [2.24, 2.45) is 0 Å². The van der Waals surface area contributed by atoms with Crippen molar-refractivity contribution in [3.8, 4) is 0 Å². The lowest BCUT2D eigenvalue weighted by Gasteiger charge is -2.39. The van der Waals surface area contributed by atoms with Crippen LogP contribution in [-0.2, 0) is 9.63 Å². The van der Waals surface area contributed by atoms with Crippen molar-refractivity contribution in [2.45, 2.75) is 19.1 Å². The Morgan fingerprint density at radius 1 is 1.48 bits per heavy atom. The number of hydroxylamine groups is 2. The van der Waals surface area contributed by atoms with Gasteiger partial charge in [0.1, 0.15) is 18.7 Å². The van der Waals surface area contributed by atoms with Crippen molar-refractivity contribution < 1.29 is 24.3 Å². The fraction of sp³-hybridized carbons (Fsp3) is 0.933. The lowest BCUT2D eigenvalue weighted by Crippen LogP contribution is -2.56. The predicted molar refractivity (Wildman–Crippen MR) is 87.6 cm³/mol. The number of Topliss-reactive ketones (excluding diaryl/α,β-unsaturated/α-hetero) is 1. The molecule has 8 nitrogen and oxygen atoms in total. The number of ketones is 1. The van der Waals surface area contributed by atoms with Crippen LogP contribution in [-0.4, -0.2) is 116 Å². The number of hydrogen-bond acceptors (Lipinski definition) is 7. The third kappa shape index (κ3) is 7.21. The van der Waals surface area contributed by atoms with Gasteiger partial charge in [0.15, 0.2) is 12.5 Å². The van der Waals surface area contributed by atoms with E-state index in [2.05, 4.69) is 10.2 Å². The average Bonchev–Trinajstić information content (AvgIpc) is 2.42. The summed E-state index contributed by atoms with van der Waals surface area (Å²) in [6.45, 7) is 6.04. The van der Waals surface area contributed by atoms with E-state index in [1.165, 1.54) is 0 Å². The molecule has 0 aromatic rings. The number of carbonyl (C=O) groups is 1. The monoisotopic (exact) mass is 333 g/mol. The first-order valence-electron chi connectivity index (χ1n) is 8.17. The van der Waals surface area contributed by atoms with E-state index in [1.54, 1.807) is 12.0 Å². The number of nitrogens with one attached hydrogen (secondary N) is 1. The van der Waals surface area contributed by atoms with Gasteiger partial charge in [0.05, 0.1) is 20.7 Å². The summed E-state index contributed by atoms with van der Waals surface area (Å²) in [6, 6.07) is -0.129. The molecule has 0 aromatic carbocycles. The van der Waals surface area contributed by atoms with Gasteiger partial charge in [0.25, 0.3) is 0 Å². The quantitative estimate of drug-likeness (QED) is 0.284. The topological polar surface area (TPSA) is 85.3 Å². The second-order valence-electron chi connectivity index (χ2n) is 6.88. The van der Waals surface area contributed by atoms with Gasteiger partial charge in [-0.15, -0.1) is 0 Å². The molecule has 0 aromatic heterocycles. The Balaban J connectivity index is 2.44. The highest BCUT2D eigenvalue weighted by Gasteiger charge is 2.33. The molecule has 0 radical (unpaired) electrons. The predicted octanol–water partition coefficient (Wildman–Crippen LogP) is -1.90. The van der Waals surface area contributed by atoms with E-state index in [0.717, 1.165) is 19.6 Å². The van der Waals surface area contributed by atoms with E-state index < -0.39 is 6.10 Å². The summed E-state index contributed by atoms with van der Waals surface area (Å²) in [4.78, 5) is 18.9. The van der Waals surface area contributed by atoms with Crippen LogP contribution in [0, 0.1) is 0 Å². The SMILES string of the molecule is CNCCN(CCN1OCC1C(C)=O)CC(O)C[N+](C)(C)CO. The van der Waals surface area contributed by atoms with Gasteiger partial charge in [-0.05, 0) is 14.0 Å². The normalized spacial score (nSPS) is 20.6. The van der Waals surface area contributed by atoms with Gasteiger partial charge < -0.3 is 20.0 Å². The second kappa shape index (κ2) is 9.63. The molecule has 1 saturated heterocycles. The number of rotatable bonds is 12. The first-order chi connectivity index (χ1) is 10.8. The molecule has 1 fully saturated rings. The lowest BCUT2D eigenvalue weighted by atomic mass is 10.2. The highest BCUT2D eigenvalue weighted by molar-refractivity contribution is 5.81. The Bertz CT molecular complexity index is 367. The highest BCUT2D eigenvalue weighted by Crippen LogP contribution is 2.14. The molecule has 8 heteroatoms. The maximum atomic E-state index is 11.4. The molecule has 2 atom stereocenters. The van der Waals surface area contributed by atoms with Crippen LogP contribution < -0.4 is 5.32 Å². The standard InChI is InChI=1S/C15H33N4O4/c1-13(21)15-11-23-18(15)8-7-17(6-5-16-2)9-14(22)10-19(3,4)12-20/h14-16,20,22H,5-12H2,1-4H3/q+1. The number of nitrogens with zero attached hydrogens (tertiary/aromatic N) is 3. The number of likely N-dealkylation sites (N-methyl/N-ethyl adjacent to an activating group) is 2. The van der Waals surface area contributed by atoms with E-state index >= 15 is 0 Å². The van der Waals surface area contributed by atoms with E-state index in [1.807, 2.05) is 21.1 Å². The number of hydrogen-bond donors (Lipinski definition) is 3. The minimum atomic E-state index is -0.519. The zero-order chi connectivity index (χ0) is 17.5. The van der Waals surface area contributed by atoms with Crippen LogP contribution in [0.3, 0.4) is 0 Å². The molecule has 0 bridgehead atoms. The number of quaternary nitrogens is 1. The molecule has 0 amide bonds. The zero-order valence-corrected chi connectivity index (χ0v) is 14.9. The van der Waals surface area contributed by atoms with Gasteiger partial charge in [-0.3, -0.25) is 14.5 Å². The molecular weight excluding hydrogens is 300 g/mol. The van der Waals surface area contributed by atoms with E-state index in [-0.39, 0.29) is 18.6 Å². The van der Waals surface area contributed by atoms with Gasteiger partial charge in [0.2, 0.25) is 0 Å². The summed E-state index contributed by atoms with van der Waals surface area (Å²) in [6.07, 6.45) is -0.519. The smallest absolute Gasteiger partial charge is 0.179 e. The van der Waals surface area contributed by atoms with E-state index in [0.29, 0.717) is 30.7 Å². The molecule has 136 valence electrons. The lowest BCUT2D eigenvalue weighted by molar-refractivity contribution is -0.911. The minimum Gasteiger partial charge on any atom is -0.386 e. The largest absolute Gasteiger partial charge is 0.386 e. The van der Waals surface area contributed by atoms with Crippen LogP contribution in [0.25, 0.3) is 0 Å². The first-order valence-corrected chi connectivity index (χ1v) is 8.17. The second-order valence-corrected chi connectivity index (χ2v) is 6.88. The Hall–Kier alpha value is -0.610. The van der Waals surface area contributed by atoms with Crippen LogP contribution >= 0.6 is 0 Å². The summed E-state index contributed by atoms with van der Waals surface area (Å²) >= 11 is 0. The number of carbonyl (C=O) groups excluding carboxylic acids is 1. The molecule has 1 rings (SSSR count). The molecule has 1 aliphatic heterocycles. The average molecular weight is 333 g/mol. The molecule has 0 aliphatic carbocycles. The number of aliphatic hydroxyl groups is 2. The van der Waals surface area contributed by atoms with Crippen LogP contribution in [0.2, 0.25) is 0 Å². The molecule has 0 saturated carbocycles. The van der Waals surface area contributed by atoms with Crippen molar-refractivity contribution in [2.75, 3.05) is 73.7 Å². The molecule has 1 heterocycles. The maximum absolute atomic E-state index is 11.4.